The van der Waals surface area contributed by atoms with Crippen molar-refractivity contribution in [3.63, 3.8) is 0 Å². The molecule has 8 nitrogen and oxygen atoms in total. The summed E-state index contributed by atoms with van der Waals surface area (Å²) in [6.07, 6.45) is 0. The molecule has 2 aromatic rings. The first-order valence-electron chi connectivity index (χ1n) is 6.13. The van der Waals surface area contributed by atoms with Crippen molar-refractivity contribution in [2.24, 2.45) is 0 Å². The van der Waals surface area contributed by atoms with Gasteiger partial charge in [-0.2, -0.15) is 0 Å². The van der Waals surface area contributed by atoms with Crippen LogP contribution in [0.2, 0.25) is 5.02 Å². The molecule has 0 aliphatic rings. The van der Waals surface area contributed by atoms with Gasteiger partial charge in [0.15, 0.2) is 5.85 Å². The van der Waals surface area contributed by atoms with E-state index in [0.29, 0.717) is 5.02 Å². The maximum atomic E-state index is 11.3. The first-order chi connectivity index (χ1) is 10.7. The van der Waals surface area contributed by atoms with Crippen LogP contribution in [0.4, 0.5) is 5.69 Å². The van der Waals surface area contributed by atoms with Crippen molar-refractivity contribution < 1.29 is 29.1 Å². The number of ether oxygens (including phenoxy) is 1. The Morgan fingerprint density at radius 3 is 2.30 bits per heavy atom. The standard InChI is InChI=1S/C13H11ClNO7P/c14-8-1-4-10(5-2-8)22-12-6-3-9(15(17)18)7-11(12)13(16)23(19,20)21/h1-7,13,16H,(H2,19,20,21). The highest BCUT2D eigenvalue weighted by Gasteiger charge is 2.32. The molecule has 0 aliphatic heterocycles. The number of hydrogen-bond acceptors (Lipinski definition) is 5. The Balaban J connectivity index is 2.47. The van der Waals surface area contributed by atoms with Crippen molar-refractivity contribution >= 4 is 24.9 Å². The smallest absolute Gasteiger partial charge is 0.358 e. The van der Waals surface area contributed by atoms with Gasteiger partial charge in [-0.15, -0.1) is 0 Å². The molecule has 2 rings (SSSR count). The van der Waals surface area contributed by atoms with E-state index in [9.17, 15) is 19.8 Å². The van der Waals surface area contributed by atoms with E-state index in [2.05, 4.69) is 0 Å². The summed E-state index contributed by atoms with van der Waals surface area (Å²) in [5.74, 6) is -2.08. The number of halogens is 1. The van der Waals surface area contributed by atoms with Crippen molar-refractivity contribution in [3.8, 4) is 11.5 Å². The summed E-state index contributed by atoms with van der Waals surface area (Å²) in [6, 6.07) is 9.16. The second kappa shape index (κ2) is 6.66. The minimum absolute atomic E-state index is 0.117. The summed E-state index contributed by atoms with van der Waals surface area (Å²) in [5, 5.41) is 21.0. The van der Waals surface area contributed by atoms with Crippen LogP contribution in [0.25, 0.3) is 0 Å². The van der Waals surface area contributed by atoms with Gasteiger partial charge in [0.05, 0.1) is 4.92 Å². The number of nitrogens with zero attached hydrogens (tertiary/aromatic N) is 1. The van der Waals surface area contributed by atoms with Gasteiger partial charge >= 0.3 is 7.60 Å². The van der Waals surface area contributed by atoms with Gasteiger partial charge in [-0.3, -0.25) is 14.7 Å². The Morgan fingerprint density at radius 1 is 1.17 bits per heavy atom. The SMILES string of the molecule is O=[N+]([O-])c1ccc(Oc2ccc(Cl)cc2)c(C(O)P(=O)(O)O)c1. The minimum atomic E-state index is -4.94. The molecular formula is C13H11ClNO7P. The summed E-state index contributed by atoms with van der Waals surface area (Å²) in [4.78, 5) is 28.3. The molecule has 0 aliphatic carbocycles. The van der Waals surface area contributed by atoms with Crippen LogP contribution in [0.5, 0.6) is 11.5 Å². The molecule has 0 heterocycles. The van der Waals surface area contributed by atoms with E-state index in [1.54, 1.807) is 0 Å². The maximum absolute atomic E-state index is 11.3. The number of aliphatic hydroxyl groups excluding tert-OH is 1. The number of nitro benzene ring substituents is 1. The molecule has 2 aromatic carbocycles. The predicted octanol–water partition coefficient (Wildman–Crippen LogP) is 3.21. The molecule has 0 radical (unpaired) electrons. The summed E-state index contributed by atoms with van der Waals surface area (Å²) in [7, 11) is -4.94. The van der Waals surface area contributed by atoms with Gasteiger partial charge in [0.2, 0.25) is 0 Å². The zero-order valence-corrected chi connectivity index (χ0v) is 13.0. The van der Waals surface area contributed by atoms with Crippen molar-refractivity contribution in [1.29, 1.82) is 0 Å². The van der Waals surface area contributed by atoms with Crippen LogP contribution in [0.3, 0.4) is 0 Å². The lowest BCUT2D eigenvalue weighted by molar-refractivity contribution is -0.385. The second-order valence-corrected chi connectivity index (χ2v) is 6.60. The Kier molecular flexibility index (Phi) is 5.03. The Labute approximate surface area is 135 Å². The molecule has 122 valence electrons. The zero-order chi connectivity index (χ0) is 17.2. The molecule has 0 saturated heterocycles. The molecule has 0 saturated carbocycles. The van der Waals surface area contributed by atoms with Gasteiger partial charge in [-0.1, -0.05) is 11.6 Å². The number of nitro groups is 1. The van der Waals surface area contributed by atoms with E-state index < -0.39 is 24.1 Å². The van der Waals surface area contributed by atoms with E-state index in [1.807, 2.05) is 0 Å². The number of hydrogen-bond donors (Lipinski definition) is 3. The Bertz CT molecular complexity index is 774. The predicted molar refractivity (Wildman–Crippen MR) is 81.6 cm³/mol. The van der Waals surface area contributed by atoms with E-state index in [0.717, 1.165) is 18.2 Å². The molecular weight excluding hydrogens is 349 g/mol. The molecule has 3 N–H and O–H groups in total. The van der Waals surface area contributed by atoms with Crippen LogP contribution in [-0.2, 0) is 4.57 Å². The maximum Gasteiger partial charge on any atom is 0.358 e. The normalized spacial score (nSPS) is 12.7. The van der Waals surface area contributed by atoms with Crippen LogP contribution < -0.4 is 4.74 Å². The number of rotatable bonds is 5. The molecule has 1 unspecified atom stereocenters. The molecule has 1 atom stereocenters. The lowest BCUT2D eigenvalue weighted by Crippen LogP contribution is -2.02. The van der Waals surface area contributed by atoms with Gasteiger partial charge in [0, 0.05) is 22.7 Å². The Hall–Kier alpha value is -1.96. The number of aliphatic hydroxyl groups is 1. The fourth-order valence-corrected chi connectivity index (χ4v) is 2.45. The first-order valence-corrected chi connectivity index (χ1v) is 8.19. The van der Waals surface area contributed by atoms with E-state index in [1.165, 1.54) is 24.3 Å². The molecule has 0 fully saturated rings. The molecule has 0 aromatic heterocycles. The van der Waals surface area contributed by atoms with Crippen LogP contribution in [0.1, 0.15) is 11.4 Å². The highest BCUT2D eigenvalue weighted by Crippen LogP contribution is 2.52. The highest BCUT2D eigenvalue weighted by molar-refractivity contribution is 7.51. The highest BCUT2D eigenvalue weighted by atomic mass is 35.5. The Morgan fingerprint density at radius 2 is 1.78 bits per heavy atom. The number of non-ortho nitro benzene ring substituents is 1. The van der Waals surface area contributed by atoms with Crippen molar-refractivity contribution in [1.82, 2.24) is 0 Å². The molecule has 0 spiro atoms. The summed E-state index contributed by atoms with van der Waals surface area (Å²) in [6.45, 7) is 0. The van der Waals surface area contributed by atoms with Gasteiger partial charge < -0.3 is 19.6 Å². The molecule has 10 heteroatoms. The van der Waals surface area contributed by atoms with Crippen molar-refractivity contribution in [2.45, 2.75) is 5.85 Å². The average molecular weight is 360 g/mol. The quantitative estimate of drug-likeness (QED) is 0.424. The van der Waals surface area contributed by atoms with Crippen molar-refractivity contribution in [2.75, 3.05) is 0 Å². The fourth-order valence-electron chi connectivity index (χ4n) is 1.75. The van der Waals surface area contributed by atoms with Crippen LogP contribution in [0, 0.1) is 10.1 Å². The first kappa shape index (κ1) is 17.4. The number of benzene rings is 2. The molecule has 0 amide bonds. The third-order valence-corrected chi connectivity index (χ3v) is 4.01. The topological polar surface area (TPSA) is 130 Å². The van der Waals surface area contributed by atoms with Crippen molar-refractivity contribution in [3.05, 3.63) is 63.2 Å². The van der Waals surface area contributed by atoms with E-state index in [-0.39, 0.29) is 17.1 Å². The van der Waals surface area contributed by atoms with Gasteiger partial charge in [0.25, 0.3) is 5.69 Å². The fraction of sp³-hybridized carbons (Fsp3) is 0.0769. The average Bonchev–Trinajstić information content (AvgIpc) is 2.48. The second-order valence-electron chi connectivity index (χ2n) is 4.50. The summed E-state index contributed by atoms with van der Waals surface area (Å²) >= 11 is 5.74. The molecule has 0 bridgehead atoms. The third kappa shape index (κ3) is 4.28. The molecule has 23 heavy (non-hydrogen) atoms. The zero-order valence-electron chi connectivity index (χ0n) is 11.4. The van der Waals surface area contributed by atoms with E-state index in [4.69, 9.17) is 26.1 Å². The summed E-state index contributed by atoms with van der Waals surface area (Å²) in [5.41, 5.74) is -0.821. The van der Waals surface area contributed by atoms with E-state index >= 15 is 0 Å². The minimum Gasteiger partial charge on any atom is -0.457 e. The lowest BCUT2D eigenvalue weighted by atomic mass is 10.2. The summed E-state index contributed by atoms with van der Waals surface area (Å²) < 4.78 is 16.7. The largest absolute Gasteiger partial charge is 0.457 e. The van der Waals surface area contributed by atoms with Crippen LogP contribution in [0.15, 0.2) is 42.5 Å². The van der Waals surface area contributed by atoms with Gasteiger partial charge in [0.1, 0.15) is 11.5 Å². The van der Waals surface area contributed by atoms with Crippen LogP contribution >= 0.6 is 19.2 Å². The van der Waals surface area contributed by atoms with Crippen LogP contribution in [-0.4, -0.2) is 19.8 Å². The monoisotopic (exact) mass is 359 g/mol. The van der Waals surface area contributed by atoms with Gasteiger partial charge in [-0.25, -0.2) is 0 Å². The lowest BCUT2D eigenvalue weighted by Gasteiger charge is -2.17. The van der Waals surface area contributed by atoms with Gasteiger partial charge in [-0.05, 0) is 30.3 Å². The third-order valence-electron chi connectivity index (χ3n) is 2.84.